The fraction of sp³-hybridized carbons (Fsp3) is 0.167. The summed E-state index contributed by atoms with van der Waals surface area (Å²) in [5.41, 5.74) is 3.83. The maximum absolute atomic E-state index is 12.2. The molecular formula is C18H17ClN2O. The summed E-state index contributed by atoms with van der Waals surface area (Å²) in [7, 11) is 0. The SMILES string of the molecule is CCc1ccc(CNC(=O)c2cc3cc(Cl)ccc3[nH]2)cc1. The van der Waals surface area contributed by atoms with Gasteiger partial charge in [-0.25, -0.2) is 0 Å². The monoisotopic (exact) mass is 312 g/mol. The van der Waals surface area contributed by atoms with Gasteiger partial charge in [-0.2, -0.15) is 0 Å². The maximum Gasteiger partial charge on any atom is 0.267 e. The highest BCUT2D eigenvalue weighted by molar-refractivity contribution is 6.31. The van der Waals surface area contributed by atoms with Crippen molar-refractivity contribution >= 4 is 28.4 Å². The zero-order chi connectivity index (χ0) is 15.5. The van der Waals surface area contributed by atoms with Crippen molar-refractivity contribution in [3.63, 3.8) is 0 Å². The lowest BCUT2D eigenvalue weighted by Crippen LogP contribution is -2.23. The van der Waals surface area contributed by atoms with Gasteiger partial charge in [0.1, 0.15) is 5.69 Å². The van der Waals surface area contributed by atoms with E-state index in [-0.39, 0.29) is 5.91 Å². The lowest BCUT2D eigenvalue weighted by atomic mass is 10.1. The Balaban J connectivity index is 1.69. The molecule has 0 bridgehead atoms. The first-order valence-corrected chi connectivity index (χ1v) is 7.68. The Morgan fingerprint density at radius 1 is 1.09 bits per heavy atom. The van der Waals surface area contributed by atoms with Crippen LogP contribution < -0.4 is 5.32 Å². The number of halogens is 1. The first kappa shape index (κ1) is 14.7. The zero-order valence-electron chi connectivity index (χ0n) is 12.3. The van der Waals surface area contributed by atoms with E-state index in [1.807, 2.05) is 30.3 Å². The summed E-state index contributed by atoms with van der Waals surface area (Å²) in [4.78, 5) is 15.3. The Labute approximate surface area is 134 Å². The summed E-state index contributed by atoms with van der Waals surface area (Å²) >= 11 is 5.96. The van der Waals surface area contributed by atoms with Crippen molar-refractivity contribution in [1.82, 2.24) is 10.3 Å². The molecule has 0 saturated heterocycles. The van der Waals surface area contributed by atoms with Crippen LogP contribution in [0.25, 0.3) is 10.9 Å². The molecule has 0 saturated carbocycles. The van der Waals surface area contributed by atoms with Gasteiger partial charge in [-0.15, -0.1) is 0 Å². The van der Waals surface area contributed by atoms with Gasteiger partial charge >= 0.3 is 0 Å². The Morgan fingerprint density at radius 3 is 2.55 bits per heavy atom. The average molecular weight is 313 g/mol. The predicted octanol–water partition coefficient (Wildman–Crippen LogP) is 4.31. The number of nitrogens with one attached hydrogen (secondary N) is 2. The number of rotatable bonds is 4. The van der Waals surface area contributed by atoms with Gasteiger partial charge in [0.2, 0.25) is 0 Å². The number of carbonyl (C=O) groups is 1. The van der Waals surface area contributed by atoms with Gasteiger partial charge in [0.15, 0.2) is 0 Å². The minimum atomic E-state index is -0.119. The fourth-order valence-electron chi connectivity index (χ4n) is 2.40. The molecule has 0 spiro atoms. The highest BCUT2D eigenvalue weighted by Gasteiger charge is 2.09. The third-order valence-electron chi connectivity index (χ3n) is 3.71. The van der Waals surface area contributed by atoms with E-state index in [2.05, 4.69) is 29.4 Å². The summed E-state index contributed by atoms with van der Waals surface area (Å²) in [5.74, 6) is -0.119. The van der Waals surface area contributed by atoms with Crippen molar-refractivity contribution in [3.05, 3.63) is 70.4 Å². The van der Waals surface area contributed by atoms with E-state index in [0.717, 1.165) is 22.9 Å². The molecular weight excluding hydrogens is 296 g/mol. The average Bonchev–Trinajstić information content (AvgIpc) is 2.96. The van der Waals surface area contributed by atoms with E-state index in [0.29, 0.717) is 17.3 Å². The standard InChI is InChI=1S/C18H17ClN2O/c1-2-12-3-5-13(6-4-12)11-20-18(22)17-10-14-9-15(19)7-8-16(14)21-17/h3-10,21H,2,11H2,1H3,(H,20,22). The topological polar surface area (TPSA) is 44.9 Å². The van der Waals surface area contributed by atoms with Gasteiger partial charge in [-0.05, 0) is 41.8 Å². The number of H-pyrrole nitrogens is 1. The molecule has 2 N–H and O–H groups in total. The summed E-state index contributed by atoms with van der Waals surface area (Å²) < 4.78 is 0. The molecule has 1 amide bonds. The molecule has 1 aromatic heterocycles. The van der Waals surface area contributed by atoms with Crippen molar-refractivity contribution in [2.24, 2.45) is 0 Å². The molecule has 0 aliphatic heterocycles. The van der Waals surface area contributed by atoms with Crippen LogP contribution in [-0.2, 0) is 13.0 Å². The molecule has 4 heteroatoms. The number of fused-ring (bicyclic) bond motifs is 1. The molecule has 112 valence electrons. The normalized spacial score (nSPS) is 10.8. The summed E-state index contributed by atoms with van der Waals surface area (Å²) in [6, 6.07) is 15.6. The van der Waals surface area contributed by atoms with E-state index in [1.54, 1.807) is 6.07 Å². The van der Waals surface area contributed by atoms with Crippen molar-refractivity contribution in [1.29, 1.82) is 0 Å². The van der Waals surface area contributed by atoms with Crippen LogP contribution in [0.3, 0.4) is 0 Å². The van der Waals surface area contributed by atoms with Crippen LogP contribution in [0.4, 0.5) is 0 Å². The third-order valence-corrected chi connectivity index (χ3v) is 3.95. The molecule has 0 aliphatic carbocycles. The van der Waals surface area contributed by atoms with E-state index in [1.165, 1.54) is 5.56 Å². The number of aromatic amines is 1. The van der Waals surface area contributed by atoms with Crippen LogP contribution in [0.5, 0.6) is 0 Å². The van der Waals surface area contributed by atoms with Gasteiger partial charge in [-0.1, -0.05) is 42.8 Å². The molecule has 1 heterocycles. The molecule has 0 atom stereocenters. The Hall–Kier alpha value is -2.26. The minimum Gasteiger partial charge on any atom is -0.351 e. The molecule has 2 aromatic carbocycles. The van der Waals surface area contributed by atoms with Crippen molar-refractivity contribution in [2.75, 3.05) is 0 Å². The molecule has 0 radical (unpaired) electrons. The lowest BCUT2D eigenvalue weighted by Gasteiger charge is -2.05. The molecule has 3 aromatic rings. The van der Waals surface area contributed by atoms with E-state index in [4.69, 9.17) is 11.6 Å². The van der Waals surface area contributed by atoms with Crippen LogP contribution in [-0.4, -0.2) is 10.9 Å². The van der Waals surface area contributed by atoms with Crippen LogP contribution >= 0.6 is 11.6 Å². The number of amides is 1. The van der Waals surface area contributed by atoms with Crippen LogP contribution in [0.2, 0.25) is 5.02 Å². The Kier molecular flexibility index (Phi) is 4.16. The fourth-order valence-corrected chi connectivity index (χ4v) is 2.58. The second kappa shape index (κ2) is 6.24. The van der Waals surface area contributed by atoms with Crippen molar-refractivity contribution in [3.8, 4) is 0 Å². The van der Waals surface area contributed by atoms with Gasteiger partial charge in [-0.3, -0.25) is 4.79 Å². The zero-order valence-corrected chi connectivity index (χ0v) is 13.1. The highest BCUT2D eigenvalue weighted by Crippen LogP contribution is 2.20. The largest absolute Gasteiger partial charge is 0.351 e. The number of aryl methyl sites for hydroxylation is 1. The van der Waals surface area contributed by atoms with Crippen molar-refractivity contribution < 1.29 is 4.79 Å². The van der Waals surface area contributed by atoms with Gasteiger partial charge in [0.25, 0.3) is 5.91 Å². The van der Waals surface area contributed by atoms with Crippen LogP contribution in [0.15, 0.2) is 48.5 Å². The Bertz CT molecular complexity index is 806. The molecule has 3 rings (SSSR count). The molecule has 3 nitrogen and oxygen atoms in total. The highest BCUT2D eigenvalue weighted by atomic mass is 35.5. The van der Waals surface area contributed by atoms with Gasteiger partial charge < -0.3 is 10.3 Å². The summed E-state index contributed by atoms with van der Waals surface area (Å²) in [6.45, 7) is 2.64. The first-order chi connectivity index (χ1) is 10.7. The number of aromatic nitrogens is 1. The number of benzene rings is 2. The van der Waals surface area contributed by atoms with Crippen molar-refractivity contribution in [2.45, 2.75) is 19.9 Å². The number of hydrogen-bond donors (Lipinski definition) is 2. The maximum atomic E-state index is 12.2. The third kappa shape index (κ3) is 3.15. The number of carbonyl (C=O) groups excluding carboxylic acids is 1. The van der Waals surface area contributed by atoms with E-state index >= 15 is 0 Å². The first-order valence-electron chi connectivity index (χ1n) is 7.30. The smallest absolute Gasteiger partial charge is 0.267 e. The number of hydrogen-bond acceptors (Lipinski definition) is 1. The minimum absolute atomic E-state index is 0.119. The Morgan fingerprint density at radius 2 is 1.82 bits per heavy atom. The van der Waals surface area contributed by atoms with Crippen LogP contribution in [0, 0.1) is 0 Å². The van der Waals surface area contributed by atoms with Crippen LogP contribution in [0.1, 0.15) is 28.5 Å². The molecule has 0 fully saturated rings. The van der Waals surface area contributed by atoms with E-state index in [9.17, 15) is 4.79 Å². The second-order valence-corrected chi connectivity index (χ2v) is 5.70. The second-order valence-electron chi connectivity index (χ2n) is 5.27. The molecule has 22 heavy (non-hydrogen) atoms. The van der Waals surface area contributed by atoms with Gasteiger partial charge in [0.05, 0.1) is 0 Å². The quantitative estimate of drug-likeness (QED) is 0.740. The summed E-state index contributed by atoms with van der Waals surface area (Å²) in [6.07, 6.45) is 1.02. The predicted molar refractivity (Wildman–Crippen MR) is 90.3 cm³/mol. The molecule has 0 unspecified atom stereocenters. The van der Waals surface area contributed by atoms with E-state index < -0.39 is 0 Å². The molecule has 0 aliphatic rings. The lowest BCUT2D eigenvalue weighted by molar-refractivity contribution is 0.0947. The summed E-state index contributed by atoms with van der Waals surface area (Å²) in [5, 5.41) is 4.52. The van der Waals surface area contributed by atoms with Gasteiger partial charge in [0, 0.05) is 22.5 Å².